The number of piperidine rings is 1. The van der Waals surface area contributed by atoms with E-state index in [0.29, 0.717) is 25.2 Å². The quantitative estimate of drug-likeness (QED) is 0.733. The zero-order chi connectivity index (χ0) is 17.6. The first-order valence-electron chi connectivity index (χ1n) is 10.5. The maximum absolute atomic E-state index is 12.6. The molecular weight excluding hydrogens is 316 g/mol. The highest BCUT2D eigenvalue weighted by Gasteiger charge is 2.30. The molecule has 1 aliphatic heterocycles. The van der Waals surface area contributed by atoms with E-state index in [1.54, 1.807) is 0 Å². The molecule has 1 heterocycles. The van der Waals surface area contributed by atoms with Gasteiger partial charge < -0.3 is 10.4 Å². The van der Waals surface area contributed by atoms with Crippen molar-refractivity contribution in [1.29, 1.82) is 0 Å². The van der Waals surface area contributed by atoms with Gasteiger partial charge in [0.25, 0.3) is 0 Å². The third kappa shape index (κ3) is 5.75. The van der Waals surface area contributed by atoms with E-state index in [0.717, 1.165) is 37.8 Å². The van der Waals surface area contributed by atoms with Gasteiger partial charge in [-0.1, -0.05) is 32.1 Å². The highest BCUT2D eigenvalue weighted by molar-refractivity contribution is 5.83. The second kappa shape index (κ2) is 9.45. The van der Waals surface area contributed by atoms with Gasteiger partial charge in [0.2, 0.25) is 0 Å². The van der Waals surface area contributed by atoms with Gasteiger partial charge in [0.1, 0.15) is 5.78 Å². The Morgan fingerprint density at radius 3 is 2.32 bits per heavy atom. The molecule has 1 unspecified atom stereocenters. The Kier molecular flexibility index (Phi) is 7.28. The van der Waals surface area contributed by atoms with Crippen LogP contribution in [0, 0.1) is 23.0 Å². The fourth-order valence-corrected chi connectivity index (χ4v) is 5.35. The summed E-state index contributed by atoms with van der Waals surface area (Å²) in [7, 11) is 0. The number of nitrogens with zero attached hydrogens (tertiary/aromatic N) is 2. The van der Waals surface area contributed by atoms with Gasteiger partial charge in [-0.2, -0.15) is 0 Å². The molecule has 1 saturated heterocycles. The van der Waals surface area contributed by atoms with Crippen molar-refractivity contribution < 1.29 is 10.0 Å². The number of carbonyl (C=O) groups is 1. The Labute approximate surface area is 152 Å². The molecule has 0 aromatic rings. The summed E-state index contributed by atoms with van der Waals surface area (Å²) in [6.07, 6.45) is 13.8. The maximum atomic E-state index is 12.6. The van der Waals surface area contributed by atoms with Crippen LogP contribution in [0.15, 0.2) is 0 Å². The second-order valence-corrected chi connectivity index (χ2v) is 8.76. The second-order valence-electron chi connectivity index (χ2n) is 8.76. The van der Waals surface area contributed by atoms with Crippen LogP contribution in [0.2, 0.25) is 0 Å². The van der Waals surface area contributed by atoms with Gasteiger partial charge in [0.15, 0.2) is 0 Å². The largest absolute Gasteiger partial charge is 0.762 e. The predicted octanol–water partition coefficient (Wildman–Crippen LogP) is 3.99. The summed E-state index contributed by atoms with van der Waals surface area (Å²) in [5.41, 5.74) is 0. The number of hydroxylamine groups is 2. The van der Waals surface area contributed by atoms with E-state index in [9.17, 15) is 10.0 Å². The summed E-state index contributed by atoms with van der Waals surface area (Å²) in [6, 6.07) is -0.307. The summed E-state index contributed by atoms with van der Waals surface area (Å²) >= 11 is 0. The Balaban J connectivity index is 1.40. The standard InChI is InChI=1S/C20H35N2O3/c23-20(18-8-10-19(11-9-18)22(24)25)15-21-12-4-7-17(14-21)13-16-5-2-1-3-6-16/h16-19,24H,1-15H2/q-1. The number of carbonyl (C=O) groups excluding carboxylic acids is 1. The third-order valence-electron chi connectivity index (χ3n) is 6.84. The minimum Gasteiger partial charge on any atom is -0.762 e. The molecule has 0 bridgehead atoms. The van der Waals surface area contributed by atoms with Crippen LogP contribution in [-0.4, -0.2) is 46.8 Å². The van der Waals surface area contributed by atoms with Crippen molar-refractivity contribution in [3.63, 3.8) is 0 Å². The highest BCUT2D eigenvalue weighted by atomic mass is 16.8. The number of Topliss-reactive ketones (excluding diaryl/α,β-unsaturated/α-hetero) is 1. The van der Waals surface area contributed by atoms with E-state index < -0.39 is 0 Å². The Morgan fingerprint density at radius 2 is 1.64 bits per heavy atom. The molecule has 3 aliphatic rings. The van der Waals surface area contributed by atoms with E-state index in [-0.39, 0.29) is 17.2 Å². The lowest BCUT2D eigenvalue weighted by atomic mass is 9.80. The van der Waals surface area contributed by atoms with Gasteiger partial charge >= 0.3 is 0 Å². The Morgan fingerprint density at radius 1 is 0.960 bits per heavy atom. The van der Waals surface area contributed by atoms with Crippen LogP contribution in [0.5, 0.6) is 0 Å². The monoisotopic (exact) mass is 351 g/mol. The van der Waals surface area contributed by atoms with Gasteiger partial charge in [0, 0.05) is 18.5 Å². The SMILES string of the molecule is O=C(CN1CCCC(CC2CCCCC2)C1)C1CCC(N([O-])O)CC1. The molecule has 0 amide bonds. The molecule has 0 spiro atoms. The van der Waals surface area contributed by atoms with Crippen molar-refractivity contribution in [2.75, 3.05) is 19.6 Å². The lowest BCUT2D eigenvalue weighted by molar-refractivity contribution is -0.128. The van der Waals surface area contributed by atoms with Gasteiger partial charge in [-0.15, -0.1) is 0 Å². The molecule has 2 saturated carbocycles. The molecular formula is C20H35N2O3-. The minimum atomic E-state index is -0.307. The van der Waals surface area contributed by atoms with Gasteiger partial charge in [-0.05, 0) is 63.3 Å². The van der Waals surface area contributed by atoms with Gasteiger partial charge in [-0.25, -0.2) is 0 Å². The van der Waals surface area contributed by atoms with Crippen molar-refractivity contribution >= 4 is 5.78 Å². The van der Waals surface area contributed by atoms with Crippen LogP contribution in [0.4, 0.5) is 0 Å². The first kappa shape index (κ1) is 19.3. The zero-order valence-electron chi connectivity index (χ0n) is 15.6. The van der Waals surface area contributed by atoms with Crippen molar-refractivity contribution in [1.82, 2.24) is 10.1 Å². The molecule has 5 nitrogen and oxygen atoms in total. The lowest BCUT2D eigenvalue weighted by Crippen LogP contribution is -2.42. The van der Waals surface area contributed by atoms with E-state index >= 15 is 0 Å². The zero-order valence-corrected chi connectivity index (χ0v) is 15.6. The fraction of sp³-hybridized carbons (Fsp3) is 0.950. The molecule has 5 heteroatoms. The van der Waals surface area contributed by atoms with Crippen LogP contribution in [0.1, 0.15) is 77.0 Å². The summed E-state index contributed by atoms with van der Waals surface area (Å²) in [5, 5.41) is 20.1. The molecule has 2 aliphatic carbocycles. The van der Waals surface area contributed by atoms with Crippen molar-refractivity contribution in [2.45, 2.75) is 83.1 Å². The summed E-state index contributed by atoms with van der Waals surface area (Å²) in [4.78, 5) is 15.0. The van der Waals surface area contributed by atoms with E-state index in [1.165, 1.54) is 51.4 Å². The molecule has 0 aromatic heterocycles. The molecule has 25 heavy (non-hydrogen) atoms. The van der Waals surface area contributed by atoms with Crippen LogP contribution in [0.3, 0.4) is 0 Å². The van der Waals surface area contributed by atoms with Crippen LogP contribution >= 0.6 is 0 Å². The topological polar surface area (TPSA) is 66.8 Å². The number of rotatable bonds is 6. The summed E-state index contributed by atoms with van der Waals surface area (Å²) in [6.45, 7) is 2.76. The normalized spacial score (nSPS) is 32.8. The molecule has 0 aromatic carbocycles. The van der Waals surface area contributed by atoms with Gasteiger partial charge in [0.05, 0.1) is 6.54 Å². The summed E-state index contributed by atoms with van der Waals surface area (Å²) in [5.74, 6) is 2.16. The Hall–Kier alpha value is -0.490. The average Bonchev–Trinajstić information content (AvgIpc) is 2.63. The molecule has 144 valence electrons. The van der Waals surface area contributed by atoms with Crippen molar-refractivity contribution in [3.8, 4) is 0 Å². The minimum absolute atomic E-state index is 0.0845. The number of hydrogen-bond donors (Lipinski definition) is 1. The smallest absolute Gasteiger partial charge is 0.149 e. The molecule has 3 fully saturated rings. The Bertz CT molecular complexity index is 415. The lowest BCUT2D eigenvalue weighted by Gasteiger charge is -2.38. The highest BCUT2D eigenvalue weighted by Crippen LogP contribution is 2.33. The number of likely N-dealkylation sites (tertiary alicyclic amines) is 1. The van der Waals surface area contributed by atoms with Crippen LogP contribution in [-0.2, 0) is 4.79 Å². The van der Waals surface area contributed by atoms with Crippen LogP contribution in [0.25, 0.3) is 0 Å². The van der Waals surface area contributed by atoms with Crippen LogP contribution < -0.4 is 0 Å². The first-order valence-corrected chi connectivity index (χ1v) is 10.5. The van der Waals surface area contributed by atoms with E-state index in [2.05, 4.69) is 4.90 Å². The van der Waals surface area contributed by atoms with E-state index in [4.69, 9.17) is 5.21 Å². The molecule has 1 N–H and O–H groups in total. The van der Waals surface area contributed by atoms with Crippen molar-refractivity contribution in [3.05, 3.63) is 5.21 Å². The number of hydrogen-bond acceptors (Lipinski definition) is 5. The van der Waals surface area contributed by atoms with Gasteiger partial charge in [-0.3, -0.25) is 14.9 Å². The predicted molar refractivity (Wildman–Crippen MR) is 98.1 cm³/mol. The fourth-order valence-electron chi connectivity index (χ4n) is 5.35. The molecule has 1 atom stereocenters. The van der Waals surface area contributed by atoms with E-state index in [1.807, 2.05) is 0 Å². The molecule has 0 radical (unpaired) electrons. The summed E-state index contributed by atoms with van der Waals surface area (Å²) < 4.78 is 0. The third-order valence-corrected chi connectivity index (χ3v) is 6.84. The first-order chi connectivity index (χ1) is 12.1. The molecule has 3 rings (SSSR count). The number of ketones is 1. The maximum Gasteiger partial charge on any atom is 0.149 e. The average molecular weight is 352 g/mol. The van der Waals surface area contributed by atoms with Crippen molar-refractivity contribution in [2.24, 2.45) is 17.8 Å².